The summed E-state index contributed by atoms with van der Waals surface area (Å²) in [6.45, 7) is 11.9. The number of hydrogen-bond donors (Lipinski definition) is 3. The lowest BCUT2D eigenvalue weighted by Crippen LogP contribution is -2.47. The van der Waals surface area contributed by atoms with E-state index in [0.717, 1.165) is 89.0 Å². The number of guanidine groups is 1. The minimum Gasteiger partial charge on any atom is -0.393 e. The highest BCUT2D eigenvalue weighted by atomic mass is 16.3. The topological polar surface area (TPSA) is 90.6 Å². The van der Waals surface area contributed by atoms with Crippen LogP contribution < -0.4 is 10.6 Å². The Morgan fingerprint density at radius 2 is 2.07 bits per heavy atom. The predicted octanol–water partition coefficient (Wildman–Crippen LogP) is 1.12. The second-order valence-corrected chi connectivity index (χ2v) is 8.29. The van der Waals surface area contributed by atoms with E-state index >= 15 is 0 Å². The summed E-state index contributed by atoms with van der Waals surface area (Å²) in [6.07, 6.45) is 4.75. The van der Waals surface area contributed by atoms with Crippen molar-refractivity contribution < 1.29 is 5.11 Å². The average Bonchev–Trinajstić information content (AvgIpc) is 3.10. The van der Waals surface area contributed by atoms with Crippen LogP contribution in [0.15, 0.2) is 4.99 Å². The van der Waals surface area contributed by atoms with Crippen LogP contribution in [0.4, 0.5) is 0 Å². The highest BCUT2D eigenvalue weighted by molar-refractivity contribution is 5.80. The standard InChI is InChI=1S/C20H37N7O/c1-4-21-20(22-10-5-11-26-12-8-17(28)9-13-26)23-16-6-7-18-24-19(15(2)3)25-27(18)14-16/h15-17,28H,4-14H2,1-3H3,(H2,21,22,23). The monoisotopic (exact) mass is 391 g/mol. The molecule has 2 aliphatic heterocycles. The van der Waals surface area contributed by atoms with Crippen LogP contribution in [0.1, 0.15) is 64.0 Å². The zero-order valence-corrected chi connectivity index (χ0v) is 17.7. The summed E-state index contributed by atoms with van der Waals surface area (Å²) in [5.41, 5.74) is 0. The highest BCUT2D eigenvalue weighted by Gasteiger charge is 2.23. The van der Waals surface area contributed by atoms with Gasteiger partial charge in [-0.05, 0) is 39.2 Å². The Hall–Kier alpha value is -1.67. The lowest BCUT2D eigenvalue weighted by atomic mass is 10.1. The van der Waals surface area contributed by atoms with Crippen molar-refractivity contribution in [2.45, 2.75) is 77.5 Å². The van der Waals surface area contributed by atoms with Gasteiger partial charge < -0.3 is 20.6 Å². The second kappa shape index (κ2) is 10.2. The molecule has 2 aliphatic rings. The Kier molecular flexibility index (Phi) is 7.67. The van der Waals surface area contributed by atoms with E-state index in [1.54, 1.807) is 0 Å². The number of nitrogens with one attached hydrogen (secondary N) is 2. The summed E-state index contributed by atoms with van der Waals surface area (Å²) in [7, 11) is 0. The number of rotatable bonds is 7. The van der Waals surface area contributed by atoms with Gasteiger partial charge in [0.2, 0.25) is 0 Å². The summed E-state index contributed by atoms with van der Waals surface area (Å²) in [5, 5.41) is 21.2. The van der Waals surface area contributed by atoms with Crippen molar-refractivity contribution in [1.82, 2.24) is 30.3 Å². The molecule has 8 heteroatoms. The number of aromatic nitrogens is 3. The highest BCUT2D eigenvalue weighted by Crippen LogP contribution is 2.17. The number of aliphatic hydroxyl groups is 1. The Morgan fingerprint density at radius 3 is 2.79 bits per heavy atom. The van der Waals surface area contributed by atoms with E-state index in [1.807, 2.05) is 0 Å². The number of fused-ring (bicyclic) bond motifs is 1. The van der Waals surface area contributed by atoms with Crippen LogP contribution in [0, 0.1) is 0 Å². The first-order chi connectivity index (χ1) is 13.5. The molecule has 0 radical (unpaired) electrons. The van der Waals surface area contributed by atoms with E-state index in [0.29, 0.717) is 12.0 Å². The molecule has 3 heterocycles. The molecular weight excluding hydrogens is 354 g/mol. The van der Waals surface area contributed by atoms with Crippen molar-refractivity contribution >= 4 is 5.96 Å². The summed E-state index contributed by atoms with van der Waals surface area (Å²) in [6, 6.07) is 0.329. The van der Waals surface area contributed by atoms with Gasteiger partial charge in [-0.3, -0.25) is 4.99 Å². The van der Waals surface area contributed by atoms with E-state index in [4.69, 9.17) is 4.99 Å². The van der Waals surface area contributed by atoms with E-state index in [2.05, 4.69) is 51.1 Å². The first kappa shape index (κ1) is 21.0. The molecule has 8 nitrogen and oxygen atoms in total. The molecular formula is C20H37N7O. The van der Waals surface area contributed by atoms with Gasteiger partial charge in [0.05, 0.1) is 12.6 Å². The molecule has 0 amide bonds. The Bertz CT molecular complexity index is 634. The van der Waals surface area contributed by atoms with Crippen LogP contribution in [-0.2, 0) is 13.0 Å². The fourth-order valence-corrected chi connectivity index (χ4v) is 3.83. The quantitative estimate of drug-likeness (QED) is 0.367. The Balaban J connectivity index is 1.46. The Labute approximate surface area is 168 Å². The number of aliphatic hydroxyl groups excluding tert-OH is 1. The van der Waals surface area contributed by atoms with Crippen LogP contribution in [-0.4, -0.2) is 75.6 Å². The van der Waals surface area contributed by atoms with Crippen molar-refractivity contribution in [3.05, 3.63) is 11.6 Å². The number of piperidine rings is 1. The van der Waals surface area contributed by atoms with Crippen molar-refractivity contribution in [3.63, 3.8) is 0 Å². The van der Waals surface area contributed by atoms with Crippen LogP contribution in [0.3, 0.4) is 0 Å². The van der Waals surface area contributed by atoms with E-state index in [-0.39, 0.29) is 6.10 Å². The minimum atomic E-state index is -0.101. The Morgan fingerprint density at radius 1 is 1.29 bits per heavy atom. The first-order valence-corrected chi connectivity index (χ1v) is 10.9. The van der Waals surface area contributed by atoms with Gasteiger partial charge in [-0.15, -0.1) is 0 Å². The largest absolute Gasteiger partial charge is 0.393 e. The van der Waals surface area contributed by atoms with Gasteiger partial charge in [0, 0.05) is 44.6 Å². The lowest BCUT2D eigenvalue weighted by Gasteiger charge is -2.29. The van der Waals surface area contributed by atoms with E-state index in [1.165, 1.54) is 0 Å². The van der Waals surface area contributed by atoms with Crippen molar-refractivity contribution in [1.29, 1.82) is 0 Å². The molecule has 0 bridgehead atoms. The molecule has 1 fully saturated rings. The molecule has 3 N–H and O–H groups in total. The molecule has 1 saturated heterocycles. The zero-order valence-electron chi connectivity index (χ0n) is 17.7. The number of aliphatic imine (C=N–C) groups is 1. The van der Waals surface area contributed by atoms with Crippen LogP contribution in [0.25, 0.3) is 0 Å². The fraction of sp³-hybridized carbons (Fsp3) is 0.850. The zero-order chi connectivity index (χ0) is 19.9. The van der Waals surface area contributed by atoms with Gasteiger partial charge in [-0.25, -0.2) is 9.67 Å². The SMILES string of the molecule is CCNC(=NCCCN1CCC(O)CC1)NC1CCc2nc(C(C)C)nn2C1. The van der Waals surface area contributed by atoms with Gasteiger partial charge in [0.25, 0.3) is 0 Å². The van der Waals surface area contributed by atoms with E-state index < -0.39 is 0 Å². The first-order valence-electron chi connectivity index (χ1n) is 10.9. The van der Waals surface area contributed by atoms with Crippen LogP contribution in [0.2, 0.25) is 0 Å². The molecule has 1 atom stereocenters. The van der Waals surface area contributed by atoms with Crippen molar-refractivity contribution in [2.24, 2.45) is 4.99 Å². The molecule has 1 aromatic heterocycles. The predicted molar refractivity (Wildman–Crippen MR) is 112 cm³/mol. The summed E-state index contributed by atoms with van der Waals surface area (Å²) >= 11 is 0. The van der Waals surface area contributed by atoms with Gasteiger partial charge in [0.15, 0.2) is 11.8 Å². The summed E-state index contributed by atoms with van der Waals surface area (Å²) < 4.78 is 2.06. The minimum absolute atomic E-state index is 0.101. The van der Waals surface area contributed by atoms with Gasteiger partial charge in [-0.2, -0.15) is 5.10 Å². The van der Waals surface area contributed by atoms with Gasteiger partial charge >= 0.3 is 0 Å². The maximum Gasteiger partial charge on any atom is 0.191 e. The maximum atomic E-state index is 9.60. The number of hydrogen-bond acceptors (Lipinski definition) is 5. The molecule has 1 unspecified atom stereocenters. The summed E-state index contributed by atoms with van der Waals surface area (Å²) in [5.74, 6) is 3.32. The van der Waals surface area contributed by atoms with Crippen LogP contribution >= 0.6 is 0 Å². The number of likely N-dealkylation sites (tertiary alicyclic amines) is 1. The van der Waals surface area contributed by atoms with Crippen molar-refractivity contribution in [2.75, 3.05) is 32.7 Å². The molecule has 0 spiro atoms. The maximum absolute atomic E-state index is 9.60. The molecule has 1 aromatic rings. The summed E-state index contributed by atoms with van der Waals surface area (Å²) in [4.78, 5) is 11.9. The third-order valence-electron chi connectivity index (χ3n) is 5.54. The normalized spacial score (nSPS) is 21.8. The molecule has 0 aromatic carbocycles. The van der Waals surface area contributed by atoms with Crippen molar-refractivity contribution in [3.8, 4) is 0 Å². The average molecular weight is 392 g/mol. The number of nitrogens with zero attached hydrogens (tertiary/aromatic N) is 5. The third-order valence-corrected chi connectivity index (χ3v) is 5.54. The molecule has 3 rings (SSSR count). The van der Waals surface area contributed by atoms with Crippen LogP contribution in [0.5, 0.6) is 0 Å². The third kappa shape index (κ3) is 5.91. The molecule has 0 saturated carbocycles. The van der Waals surface area contributed by atoms with E-state index in [9.17, 15) is 5.11 Å². The molecule has 28 heavy (non-hydrogen) atoms. The smallest absolute Gasteiger partial charge is 0.191 e. The lowest BCUT2D eigenvalue weighted by molar-refractivity contribution is 0.0824. The number of aryl methyl sites for hydroxylation is 1. The van der Waals surface area contributed by atoms with Gasteiger partial charge in [0.1, 0.15) is 5.82 Å². The molecule has 158 valence electrons. The van der Waals surface area contributed by atoms with Gasteiger partial charge in [-0.1, -0.05) is 13.8 Å². The fourth-order valence-electron chi connectivity index (χ4n) is 3.83. The second-order valence-electron chi connectivity index (χ2n) is 8.29. The molecule has 0 aliphatic carbocycles.